The highest BCUT2D eigenvalue weighted by atomic mass is 16.4. The van der Waals surface area contributed by atoms with Gasteiger partial charge in [0, 0.05) is 5.56 Å². The van der Waals surface area contributed by atoms with Crippen molar-refractivity contribution in [3.8, 4) is 11.1 Å². The highest BCUT2D eigenvalue weighted by molar-refractivity contribution is 6.13. The minimum absolute atomic E-state index is 0.281. The van der Waals surface area contributed by atoms with Crippen LogP contribution in [0.4, 0.5) is 0 Å². The van der Waals surface area contributed by atoms with Crippen LogP contribution < -0.4 is 0 Å². The van der Waals surface area contributed by atoms with Crippen molar-refractivity contribution < 1.29 is 9.90 Å². The van der Waals surface area contributed by atoms with Crippen molar-refractivity contribution in [2.24, 2.45) is 0 Å². The normalized spacial score (nSPS) is 11.8. The van der Waals surface area contributed by atoms with Crippen molar-refractivity contribution in [3.05, 3.63) is 83.9 Å². The van der Waals surface area contributed by atoms with Crippen molar-refractivity contribution >= 4 is 27.5 Å². The van der Waals surface area contributed by atoms with Gasteiger partial charge in [0.05, 0.1) is 5.56 Å². The third-order valence-corrected chi connectivity index (χ3v) is 5.13. The molecule has 0 saturated carbocycles. The molecule has 1 N–H and O–H groups in total. The molecule has 4 aromatic carbocycles. The Labute approximate surface area is 159 Å². The van der Waals surface area contributed by atoms with Crippen LogP contribution in [0.3, 0.4) is 0 Å². The Hall–Kier alpha value is -3.13. The molecule has 0 radical (unpaired) electrons. The van der Waals surface area contributed by atoms with Gasteiger partial charge in [0.15, 0.2) is 0 Å². The van der Waals surface area contributed by atoms with Crippen LogP contribution in [-0.4, -0.2) is 11.1 Å². The Morgan fingerprint density at radius 2 is 1.37 bits per heavy atom. The van der Waals surface area contributed by atoms with Crippen LogP contribution in [0, 0.1) is 0 Å². The number of carboxylic acids is 1. The molecule has 4 aromatic rings. The summed E-state index contributed by atoms with van der Waals surface area (Å²) in [7, 11) is 0. The molecule has 2 heteroatoms. The predicted octanol–water partition coefficient (Wildman–Crippen LogP) is 6.66. The van der Waals surface area contributed by atoms with Crippen LogP contribution in [0.2, 0.25) is 0 Å². The lowest BCUT2D eigenvalue weighted by atomic mass is 9.78. The zero-order chi connectivity index (χ0) is 19.2. The van der Waals surface area contributed by atoms with Gasteiger partial charge in [-0.05, 0) is 44.2 Å². The summed E-state index contributed by atoms with van der Waals surface area (Å²) < 4.78 is 0. The summed E-state index contributed by atoms with van der Waals surface area (Å²) in [6, 6.07) is 24.3. The van der Waals surface area contributed by atoms with Gasteiger partial charge in [0.1, 0.15) is 0 Å². The van der Waals surface area contributed by atoms with E-state index in [2.05, 4.69) is 45.0 Å². The Morgan fingerprint density at radius 3 is 2.04 bits per heavy atom. The molecule has 134 valence electrons. The van der Waals surface area contributed by atoms with Gasteiger partial charge in [0.25, 0.3) is 0 Å². The average Bonchev–Trinajstić information content (AvgIpc) is 2.65. The summed E-state index contributed by atoms with van der Waals surface area (Å²) in [6.07, 6.45) is 0. The molecular formula is C25H22O2. The van der Waals surface area contributed by atoms with Crippen LogP contribution in [0.25, 0.3) is 32.7 Å². The minimum Gasteiger partial charge on any atom is -0.478 e. The Balaban J connectivity index is 2.25. The summed E-state index contributed by atoms with van der Waals surface area (Å²) >= 11 is 0. The maximum Gasteiger partial charge on any atom is 0.336 e. The molecule has 27 heavy (non-hydrogen) atoms. The Kier molecular flexibility index (Phi) is 4.00. The van der Waals surface area contributed by atoms with E-state index >= 15 is 0 Å². The number of rotatable bonds is 2. The van der Waals surface area contributed by atoms with Gasteiger partial charge < -0.3 is 5.11 Å². The van der Waals surface area contributed by atoms with E-state index in [-0.39, 0.29) is 5.41 Å². The molecule has 0 unspecified atom stereocenters. The molecule has 0 amide bonds. The van der Waals surface area contributed by atoms with Gasteiger partial charge >= 0.3 is 5.97 Å². The monoisotopic (exact) mass is 354 g/mol. The van der Waals surface area contributed by atoms with Crippen molar-refractivity contribution in [1.82, 2.24) is 0 Å². The molecule has 0 aliphatic heterocycles. The van der Waals surface area contributed by atoms with Crippen LogP contribution in [0.5, 0.6) is 0 Å². The van der Waals surface area contributed by atoms with Crippen molar-refractivity contribution in [1.29, 1.82) is 0 Å². The molecule has 4 rings (SSSR count). The maximum absolute atomic E-state index is 12.4. The SMILES string of the molecule is CC(C)(C)c1cc2ccccc2c(-c2cccc3ccccc23)c1C(=O)O. The van der Waals surface area contributed by atoms with E-state index in [1.54, 1.807) is 0 Å². The standard InChI is InChI=1S/C25H22O2/c1-25(2,3)21-15-17-10-5-7-13-19(17)22(23(21)24(26)27)20-14-8-11-16-9-4-6-12-18(16)20/h4-15H,1-3H3,(H,26,27). The summed E-state index contributed by atoms with van der Waals surface area (Å²) in [5.41, 5.74) is 2.75. The first-order chi connectivity index (χ1) is 12.9. The number of aromatic carboxylic acids is 1. The molecular weight excluding hydrogens is 332 g/mol. The quantitative estimate of drug-likeness (QED) is 0.437. The molecule has 0 aliphatic carbocycles. The van der Waals surface area contributed by atoms with Crippen LogP contribution in [0.1, 0.15) is 36.7 Å². The van der Waals surface area contributed by atoms with Crippen LogP contribution in [-0.2, 0) is 5.41 Å². The van der Waals surface area contributed by atoms with Gasteiger partial charge in [-0.2, -0.15) is 0 Å². The molecule has 0 bridgehead atoms. The topological polar surface area (TPSA) is 37.3 Å². The van der Waals surface area contributed by atoms with Gasteiger partial charge in [0.2, 0.25) is 0 Å². The number of hydrogen-bond acceptors (Lipinski definition) is 1. The fourth-order valence-electron chi connectivity index (χ4n) is 3.88. The van der Waals surface area contributed by atoms with Gasteiger partial charge in [-0.15, -0.1) is 0 Å². The summed E-state index contributed by atoms with van der Waals surface area (Å²) in [4.78, 5) is 12.4. The minimum atomic E-state index is -0.881. The largest absolute Gasteiger partial charge is 0.478 e. The first-order valence-electron chi connectivity index (χ1n) is 9.15. The number of carboxylic acid groups (broad SMARTS) is 1. The Morgan fingerprint density at radius 1 is 0.778 bits per heavy atom. The van der Waals surface area contributed by atoms with E-state index < -0.39 is 5.97 Å². The molecule has 0 atom stereocenters. The zero-order valence-electron chi connectivity index (χ0n) is 15.8. The lowest BCUT2D eigenvalue weighted by Gasteiger charge is -2.25. The van der Waals surface area contributed by atoms with Crippen molar-refractivity contribution in [2.75, 3.05) is 0 Å². The Bertz CT molecular complexity index is 1170. The van der Waals surface area contributed by atoms with Gasteiger partial charge in [-0.1, -0.05) is 87.5 Å². The summed E-state index contributed by atoms with van der Waals surface area (Å²) in [5.74, 6) is -0.881. The molecule has 0 spiro atoms. The van der Waals surface area contributed by atoms with Gasteiger partial charge in [-0.25, -0.2) is 4.79 Å². The first kappa shape index (κ1) is 17.3. The highest BCUT2D eigenvalue weighted by Gasteiger charge is 2.27. The second kappa shape index (κ2) is 6.24. The fourth-order valence-corrected chi connectivity index (χ4v) is 3.88. The third-order valence-electron chi connectivity index (χ3n) is 5.13. The van der Waals surface area contributed by atoms with Crippen molar-refractivity contribution in [2.45, 2.75) is 26.2 Å². The average molecular weight is 354 g/mol. The summed E-state index contributed by atoms with van der Waals surface area (Å²) in [5, 5.41) is 14.4. The predicted molar refractivity (Wildman–Crippen MR) is 113 cm³/mol. The highest BCUT2D eigenvalue weighted by Crippen LogP contribution is 2.41. The van der Waals surface area contributed by atoms with E-state index in [0.29, 0.717) is 5.56 Å². The van der Waals surface area contributed by atoms with E-state index in [0.717, 1.165) is 38.2 Å². The third kappa shape index (κ3) is 2.87. The van der Waals surface area contributed by atoms with E-state index in [1.807, 2.05) is 48.5 Å². The van der Waals surface area contributed by atoms with Crippen LogP contribution in [0.15, 0.2) is 72.8 Å². The maximum atomic E-state index is 12.4. The number of hydrogen-bond donors (Lipinski definition) is 1. The number of benzene rings is 4. The lowest BCUT2D eigenvalue weighted by molar-refractivity contribution is 0.0695. The smallest absolute Gasteiger partial charge is 0.336 e. The molecule has 0 fully saturated rings. The molecule has 0 heterocycles. The second-order valence-electron chi connectivity index (χ2n) is 7.98. The zero-order valence-corrected chi connectivity index (χ0v) is 15.8. The number of fused-ring (bicyclic) bond motifs is 2. The van der Waals surface area contributed by atoms with E-state index in [4.69, 9.17) is 0 Å². The van der Waals surface area contributed by atoms with Crippen LogP contribution >= 0.6 is 0 Å². The van der Waals surface area contributed by atoms with E-state index in [9.17, 15) is 9.90 Å². The molecule has 0 aromatic heterocycles. The number of carbonyl (C=O) groups is 1. The lowest BCUT2D eigenvalue weighted by Crippen LogP contribution is -2.18. The second-order valence-corrected chi connectivity index (χ2v) is 7.98. The first-order valence-corrected chi connectivity index (χ1v) is 9.15. The fraction of sp³-hybridized carbons (Fsp3) is 0.160. The molecule has 0 aliphatic rings. The van der Waals surface area contributed by atoms with Crippen molar-refractivity contribution in [3.63, 3.8) is 0 Å². The molecule has 2 nitrogen and oxygen atoms in total. The van der Waals surface area contributed by atoms with Gasteiger partial charge in [-0.3, -0.25) is 0 Å². The summed E-state index contributed by atoms with van der Waals surface area (Å²) in [6.45, 7) is 6.20. The molecule has 0 saturated heterocycles. The van der Waals surface area contributed by atoms with E-state index in [1.165, 1.54) is 0 Å².